The zero-order chi connectivity index (χ0) is 12.3. The van der Waals surface area contributed by atoms with Gasteiger partial charge in [0.05, 0.1) is 12.2 Å². The summed E-state index contributed by atoms with van der Waals surface area (Å²) in [5, 5.41) is 8.83. The molecule has 1 fully saturated rings. The Morgan fingerprint density at radius 3 is 2.94 bits per heavy atom. The van der Waals surface area contributed by atoms with Crippen molar-refractivity contribution in [3.63, 3.8) is 0 Å². The van der Waals surface area contributed by atoms with Gasteiger partial charge in [0.1, 0.15) is 0 Å². The smallest absolute Gasteiger partial charge is 0.308 e. The van der Waals surface area contributed by atoms with Gasteiger partial charge in [-0.3, -0.25) is 9.59 Å². The van der Waals surface area contributed by atoms with Gasteiger partial charge in [0.25, 0.3) is 0 Å². The van der Waals surface area contributed by atoms with E-state index in [1.54, 1.807) is 17.4 Å². The Kier molecular flexibility index (Phi) is 3.41. The van der Waals surface area contributed by atoms with E-state index in [1.165, 1.54) is 0 Å². The molecular formula is C11H15N3O3. The highest BCUT2D eigenvalue weighted by Gasteiger charge is 2.33. The molecule has 2 rings (SSSR count). The van der Waals surface area contributed by atoms with Gasteiger partial charge >= 0.3 is 5.97 Å². The maximum absolute atomic E-state index is 11.5. The third-order valence-electron chi connectivity index (χ3n) is 2.97. The first kappa shape index (κ1) is 11.6. The molecule has 1 saturated heterocycles. The Hall–Kier alpha value is -1.85. The van der Waals surface area contributed by atoms with Gasteiger partial charge in [-0.25, -0.2) is 4.98 Å². The van der Waals surface area contributed by atoms with Crippen LogP contribution in [0.2, 0.25) is 0 Å². The number of rotatable bonds is 5. The average molecular weight is 237 g/mol. The fourth-order valence-corrected chi connectivity index (χ4v) is 2.02. The molecule has 0 saturated carbocycles. The third-order valence-corrected chi connectivity index (χ3v) is 2.97. The number of carbonyl (C=O) groups excluding carboxylic acids is 1. The van der Waals surface area contributed by atoms with Gasteiger partial charge in [-0.05, 0) is 6.42 Å². The van der Waals surface area contributed by atoms with Crippen LogP contribution in [0.1, 0.15) is 12.8 Å². The standard InChI is InChI=1S/C11H15N3O3/c15-10-6-9(11(16)17)7-14(10)4-1-3-13-5-2-12-8-13/h2,5,8-9H,1,3-4,6-7H2,(H,16,17). The first-order valence-corrected chi connectivity index (χ1v) is 5.63. The molecular weight excluding hydrogens is 222 g/mol. The molecule has 0 aliphatic carbocycles. The zero-order valence-electron chi connectivity index (χ0n) is 9.45. The predicted molar refractivity (Wildman–Crippen MR) is 59.2 cm³/mol. The molecule has 17 heavy (non-hydrogen) atoms. The first-order chi connectivity index (χ1) is 8.16. The third kappa shape index (κ3) is 2.83. The van der Waals surface area contributed by atoms with Crippen molar-refractivity contribution in [1.29, 1.82) is 0 Å². The van der Waals surface area contributed by atoms with Crippen LogP contribution in [0.4, 0.5) is 0 Å². The Morgan fingerprint density at radius 2 is 2.35 bits per heavy atom. The molecule has 2 heterocycles. The van der Waals surface area contributed by atoms with E-state index >= 15 is 0 Å². The topological polar surface area (TPSA) is 75.4 Å². The summed E-state index contributed by atoms with van der Waals surface area (Å²) in [6, 6.07) is 0. The number of carboxylic acids is 1. The molecule has 1 atom stereocenters. The van der Waals surface area contributed by atoms with Crippen molar-refractivity contribution >= 4 is 11.9 Å². The molecule has 6 nitrogen and oxygen atoms in total. The van der Waals surface area contributed by atoms with Crippen LogP contribution in [0, 0.1) is 5.92 Å². The molecule has 1 aromatic heterocycles. The van der Waals surface area contributed by atoms with Crippen molar-refractivity contribution in [1.82, 2.24) is 14.5 Å². The predicted octanol–water partition coefficient (Wildman–Crippen LogP) is 0.206. The van der Waals surface area contributed by atoms with E-state index in [0.29, 0.717) is 13.1 Å². The number of amides is 1. The molecule has 0 radical (unpaired) electrons. The zero-order valence-corrected chi connectivity index (χ0v) is 9.45. The Bertz CT molecular complexity index is 402. The summed E-state index contributed by atoms with van der Waals surface area (Å²) >= 11 is 0. The number of hydrogen-bond acceptors (Lipinski definition) is 3. The first-order valence-electron chi connectivity index (χ1n) is 5.63. The second-order valence-electron chi connectivity index (χ2n) is 4.23. The van der Waals surface area contributed by atoms with E-state index in [1.807, 2.05) is 10.8 Å². The molecule has 1 unspecified atom stereocenters. The number of hydrogen-bond donors (Lipinski definition) is 1. The number of aromatic nitrogens is 2. The van der Waals surface area contributed by atoms with Crippen LogP contribution in [-0.4, -0.2) is 44.5 Å². The van der Waals surface area contributed by atoms with E-state index in [0.717, 1.165) is 13.0 Å². The minimum atomic E-state index is -0.879. The molecule has 6 heteroatoms. The monoisotopic (exact) mass is 237 g/mol. The van der Waals surface area contributed by atoms with Gasteiger partial charge in [-0.1, -0.05) is 0 Å². The highest BCUT2D eigenvalue weighted by molar-refractivity contribution is 5.86. The van der Waals surface area contributed by atoms with Crippen LogP contribution < -0.4 is 0 Å². The number of nitrogens with zero attached hydrogens (tertiary/aromatic N) is 3. The van der Waals surface area contributed by atoms with Gasteiger partial charge in [0.15, 0.2) is 0 Å². The SMILES string of the molecule is O=C(O)C1CC(=O)N(CCCn2ccnc2)C1. The average Bonchev–Trinajstić information content (AvgIpc) is 2.89. The highest BCUT2D eigenvalue weighted by Crippen LogP contribution is 2.18. The highest BCUT2D eigenvalue weighted by atomic mass is 16.4. The molecule has 92 valence electrons. The van der Waals surface area contributed by atoms with E-state index in [4.69, 9.17) is 5.11 Å². The summed E-state index contributed by atoms with van der Waals surface area (Å²) in [5.74, 6) is -1.46. The maximum atomic E-state index is 11.5. The van der Waals surface area contributed by atoms with E-state index in [-0.39, 0.29) is 12.3 Å². The number of imidazole rings is 1. The largest absolute Gasteiger partial charge is 0.481 e. The lowest BCUT2D eigenvalue weighted by atomic mass is 10.1. The fourth-order valence-electron chi connectivity index (χ4n) is 2.02. The van der Waals surface area contributed by atoms with Crippen LogP contribution in [0.3, 0.4) is 0 Å². The summed E-state index contributed by atoms with van der Waals surface area (Å²) < 4.78 is 1.94. The Morgan fingerprint density at radius 1 is 1.53 bits per heavy atom. The Labute approximate surface area is 98.9 Å². The maximum Gasteiger partial charge on any atom is 0.308 e. The molecule has 1 aromatic rings. The van der Waals surface area contributed by atoms with Crippen LogP contribution in [0.15, 0.2) is 18.7 Å². The van der Waals surface area contributed by atoms with Crippen molar-refractivity contribution in [2.75, 3.05) is 13.1 Å². The van der Waals surface area contributed by atoms with Gasteiger partial charge in [0, 0.05) is 38.4 Å². The van der Waals surface area contributed by atoms with Crippen molar-refractivity contribution in [3.8, 4) is 0 Å². The summed E-state index contributed by atoms with van der Waals surface area (Å²) in [7, 11) is 0. The van der Waals surface area contributed by atoms with Gasteiger partial charge in [-0.15, -0.1) is 0 Å². The molecule has 1 aliphatic rings. The quantitative estimate of drug-likeness (QED) is 0.794. The lowest BCUT2D eigenvalue weighted by Crippen LogP contribution is -2.28. The van der Waals surface area contributed by atoms with Crippen LogP contribution in [-0.2, 0) is 16.1 Å². The number of carboxylic acid groups (broad SMARTS) is 1. The fraction of sp³-hybridized carbons (Fsp3) is 0.545. The van der Waals surface area contributed by atoms with E-state index in [9.17, 15) is 9.59 Å². The molecule has 0 bridgehead atoms. The molecule has 0 aromatic carbocycles. The lowest BCUT2D eigenvalue weighted by Gasteiger charge is -2.15. The van der Waals surface area contributed by atoms with Crippen molar-refractivity contribution in [2.24, 2.45) is 5.92 Å². The van der Waals surface area contributed by atoms with Gasteiger partial charge < -0.3 is 14.6 Å². The Balaban J connectivity index is 1.76. The normalized spacial score (nSPS) is 19.9. The molecule has 1 amide bonds. The minimum absolute atomic E-state index is 0.0527. The van der Waals surface area contributed by atoms with E-state index < -0.39 is 11.9 Å². The van der Waals surface area contributed by atoms with Gasteiger partial charge in [-0.2, -0.15) is 0 Å². The van der Waals surface area contributed by atoms with Crippen LogP contribution >= 0.6 is 0 Å². The lowest BCUT2D eigenvalue weighted by molar-refractivity contribution is -0.141. The number of aliphatic carboxylic acids is 1. The molecule has 1 N–H and O–H groups in total. The van der Waals surface area contributed by atoms with Crippen LogP contribution in [0.5, 0.6) is 0 Å². The van der Waals surface area contributed by atoms with Gasteiger partial charge in [0.2, 0.25) is 5.91 Å². The molecule has 1 aliphatic heterocycles. The van der Waals surface area contributed by atoms with Crippen LogP contribution in [0.25, 0.3) is 0 Å². The van der Waals surface area contributed by atoms with Crippen molar-refractivity contribution < 1.29 is 14.7 Å². The van der Waals surface area contributed by atoms with E-state index in [2.05, 4.69) is 4.98 Å². The number of carbonyl (C=O) groups is 2. The summed E-state index contributed by atoms with van der Waals surface area (Å²) in [5.41, 5.74) is 0. The second kappa shape index (κ2) is 4.99. The summed E-state index contributed by atoms with van der Waals surface area (Å²) in [6.07, 6.45) is 6.26. The van der Waals surface area contributed by atoms with Crippen molar-refractivity contribution in [3.05, 3.63) is 18.7 Å². The van der Waals surface area contributed by atoms with Crippen molar-refractivity contribution in [2.45, 2.75) is 19.4 Å². The number of likely N-dealkylation sites (tertiary alicyclic amines) is 1. The summed E-state index contributed by atoms with van der Waals surface area (Å²) in [6.45, 7) is 1.75. The second-order valence-corrected chi connectivity index (χ2v) is 4.23. The summed E-state index contributed by atoms with van der Waals surface area (Å²) in [4.78, 5) is 27.8. The number of aryl methyl sites for hydroxylation is 1. The molecule has 0 spiro atoms. The minimum Gasteiger partial charge on any atom is -0.481 e.